The van der Waals surface area contributed by atoms with Crippen molar-refractivity contribution in [2.75, 3.05) is 29.7 Å². The van der Waals surface area contributed by atoms with E-state index in [2.05, 4.69) is 0 Å². The summed E-state index contributed by atoms with van der Waals surface area (Å²) in [5, 5.41) is 0. The Morgan fingerprint density at radius 2 is 1.71 bits per heavy atom. The van der Waals surface area contributed by atoms with Crippen LogP contribution in [0.4, 0.5) is 5.69 Å². The van der Waals surface area contributed by atoms with Crippen molar-refractivity contribution in [3.05, 3.63) is 29.8 Å². The van der Waals surface area contributed by atoms with Crippen LogP contribution in [-0.4, -0.2) is 44.6 Å². The van der Waals surface area contributed by atoms with Gasteiger partial charge >= 0.3 is 0 Å². The lowest BCUT2D eigenvalue weighted by Crippen LogP contribution is -2.38. The lowest BCUT2D eigenvalue weighted by molar-refractivity contribution is 0.0793. The van der Waals surface area contributed by atoms with Gasteiger partial charge in [-0.3, -0.25) is 9.10 Å². The van der Waals surface area contributed by atoms with E-state index < -0.39 is 10.0 Å². The molecule has 3 rings (SSSR count). The van der Waals surface area contributed by atoms with Crippen molar-refractivity contribution in [2.45, 2.75) is 25.7 Å². The monoisotopic (exact) mass is 308 g/mol. The van der Waals surface area contributed by atoms with Gasteiger partial charge in [0.1, 0.15) is 0 Å². The second-order valence-electron chi connectivity index (χ2n) is 5.64. The summed E-state index contributed by atoms with van der Waals surface area (Å²) in [5.41, 5.74) is 1.19. The molecule has 0 unspecified atom stereocenters. The maximum absolute atomic E-state index is 12.4. The van der Waals surface area contributed by atoms with Crippen LogP contribution in [0.2, 0.25) is 0 Å². The lowest BCUT2D eigenvalue weighted by atomic mass is 10.1. The van der Waals surface area contributed by atoms with E-state index in [4.69, 9.17) is 0 Å². The van der Waals surface area contributed by atoms with Gasteiger partial charge in [-0.15, -0.1) is 0 Å². The molecule has 2 aliphatic rings. The number of carbonyl (C=O) groups excluding carboxylic acids is 1. The molecule has 0 bridgehead atoms. The van der Waals surface area contributed by atoms with Gasteiger partial charge in [0.05, 0.1) is 11.4 Å². The van der Waals surface area contributed by atoms with E-state index in [1.807, 2.05) is 4.90 Å². The number of hydrogen-bond acceptors (Lipinski definition) is 3. The molecule has 1 amide bonds. The minimum Gasteiger partial charge on any atom is -0.339 e. The molecule has 0 spiro atoms. The Morgan fingerprint density at radius 1 is 1.00 bits per heavy atom. The summed E-state index contributed by atoms with van der Waals surface area (Å²) in [7, 11) is -3.23. The van der Waals surface area contributed by atoms with Crippen LogP contribution >= 0.6 is 0 Å². The fourth-order valence-corrected chi connectivity index (χ4v) is 4.61. The van der Waals surface area contributed by atoms with E-state index in [0.717, 1.165) is 32.4 Å². The molecule has 2 saturated heterocycles. The Bertz CT molecular complexity index is 636. The summed E-state index contributed by atoms with van der Waals surface area (Å²) in [6.45, 7) is 2.10. The molecule has 0 N–H and O–H groups in total. The average molecular weight is 308 g/mol. The van der Waals surface area contributed by atoms with Gasteiger partial charge in [-0.2, -0.15) is 0 Å². The van der Waals surface area contributed by atoms with Crippen molar-refractivity contribution < 1.29 is 13.2 Å². The van der Waals surface area contributed by atoms with E-state index >= 15 is 0 Å². The Balaban J connectivity index is 1.87. The van der Waals surface area contributed by atoms with Gasteiger partial charge in [-0.1, -0.05) is 6.07 Å². The summed E-state index contributed by atoms with van der Waals surface area (Å²) in [4.78, 5) is 14.2. The molecule has 0 aliphatic carbocycles. The molecule has 0 saturated carbocycles. The Morgan fingerprint density at radius 3 is 2.43 bits per heavy atom. The molecule has 2 heterocycles. The number of carbonyl (C=O) groups is 1. The highest BCUT2D eigenvalue weighted by molar-refractivity contribution is 7.92. The van der Waals surface area contributed by atoms with Crippen molar-refractivity contribution in [2.24, 2.45) is 0 Å². The smallest absolute Gasteiger partial charge is 0.253 e. The van der Waals surface area contributed by atoms with E-state index in [-0.39, 0.29) is 11.7 Å². The first-order valence-electron chi connectivity index (χ1n) is 7.48. The van der Waals surface area contributed by atoms with Crippen LogP contribution in [0.3, 0.4) is 0 Å². The fraction of sp³-hybridized carbons (Fsp3) is 0.533. The average Bonchev–Trinajstić information content (AvgIpc) is 3.00. The zero-order valence-electron chi connectivity index (χ0n) is 12.0. The van der Waals surface area contributed by atoms with Gasteiger partial charge < -0.3 is 4.90 Å². The summed E-state index contributed by atoms with van der Waals surface area (Å²) in [6, 6.07) is 7.01. The van der Waals surface area contributed by atoms with Crippen LogP contribution in [0.1, 0.15) is 36.0 Å². The molecule has 0 aromatic heterocycles. The van der Waals surface area contributed by atoms with Gasteiger partial charge in [-0.05, 0) is 43.9 Å². The molecule has 21 heavy (non-hydrogen) atoms. The van der Waals surface area contributed by atoms with Crippen LogP contribution in [0.15, 0.2) is 24.3 Å². The fourth-order valence-electron chi connectivity index (χ4n) is 2.98. The van der Waals surface area contributed by atoms with Crippen LogP contribution < -0.4 is 4.31 Å². The number of rotatable bonds is 2. The molecular weight excluding hydrogens is 288 g/mol. The van der Waals surface area contributed by atoms with Gasteiger partial charge in [0.2, 0.25) is 10.0 Å². The third-order valence-electron chi connectivity index (χ3n) is 4.12. The number of benzene rings is 1. The quantitative estimate of drug-likeness (QED) is 0.838. The summed E-state index contributed by atoms with van der Waals surface area (Å²) < 4.78 is 25.7. The first-order chi connectivity index (χ1) is 10.1. The van der Waals surface area contributed by atoms with Crippen molar-refractivity contribution in [1.29, 1.82) is 0 Å². The van der Waals surface area contributed by atoms with Crippen molar-refractivity contribution >= 4 is 21.6 Å². The Hall–Kier alpha value is -1.56. The topological polar surface area (TPSA) is 57.7 Å². The van der Waals surface area contributed by atoms with Crippen LogP contribution in [0.5, 0.6) is 0 Å². The number of likely N-dealkylation sites (tertiary alicyclic amines) is 1. The number of hydrogen-bond donors (Lipinski definition) is 0. The zero-order chi connectivity index (χ0) is 14.9. The maximum Gasteiger partial charge on any atom is 0.253 e. The molecular formula is C15H20N2O3S. The standard InChI is InChI=1S/C15H20N2O3S/c18-15(16-8-1-2-9-16)13-6-5-7-14(12-13)17-10-3-4-11-21(17,19)20/h5-7,12H,1-4,8-11H2. The number of nitrogens with zero attached hydrogens (tertiary/aromatic N) is 2. The molecule has 5 nitrogen and oxygen atoms in total. The van der Waals surface area contributed by atoms with Crippen LogP contribution in [0, 0.1) is 0 Å². The molecule has 2 fully saturated rings. The minimum absolute atomic E-state index is 0.00348. The largest absolute Gasteiger partial charge is 0.339 e. The van der Waals surface area contributed by atoms with Crippen molar-refractivity contribution in [3.8, 4) is 0 Å². The summed E-state index contributed by atoms with van der Waals surface area (Å²) in [6.07, 6.45) is 3.67. The highest BCUT2D eigenvalue weighted by atomic mass is 32.2. The number of sulfonamides is 1. The third kappa shape index (κ3) is 2.90. The van der Waals surface area contributed by atoms with Crippen LogP contribution in [0.25, 0.3) is 0 Å². The first-order valence-corrected chi connectivity index (χ1v) is 9.09. The van der Waals surface area contributed by atoms with Crippen molar-refractivity contribution in [3.63, 3.8) is 0 Å². The highest BCUT2D eigenvalue weighted by Gasteiger charge is 2.27. The molecule has 6 heteroatoms. The SMILES string of the molecule is O=C(c1cccc(N2CCCCS2(=O)=O)c1)N1CCCC1. The second kappa shape index (κ2) is 5.67. The summed E-state index contributed by atoms with van der Waals surface area (Å²) in [5.74, 6) is 0.195. The van der Waals surface area contributed by atoms with E-state index in [1.165, 1.54) is 4.31 Å². The number of anilines is 1. The molecule has 1 aromatic rings. The maximum atomic E-state index is 12.4. The van der Waals surface area contributed by atoms with E-state index in [1.54, 1.807) is 24.3 Å². The predicted octanol–water partition coefficient (Wildman–Crippen LogP) is 1.85. The molecule has 1 aromatic carbocycles. The predicted molar refractivity (Wildman–Crippen MR) is 81.9 cm³/mol. The van der Waals surface area contributed by atoms with Gasteiger partial charge in [0, 0.05) is 25.2 Å². The second-order valence-corrected chi connectivity index (χ2v) is 7.66. The first kappa shape index (κ1) is 14.4. The molecule has 114 valence electrons. The van der Waals surface area contributed by atoms with Gasteiger partial charge in [0.15, 0.2) is 0 Å². The van der Waals surface area contributed by atoms with E-state index in [9.17, 15) is 13.2 Å². The molecule has 2 aliphatic heterocycles. The molecule has 0 atom stereocenters. The zero-order valence-corrected chi connectivity index (χ0v) is 12.8. The lowest BCUT2D eigenvalue weighted by Gasteiger charge is -2.28. The van der Waals surface area contributed by atoms with E-state index in [0.29, 0.717) is 24.2 Å². The van der Waals surface area contributed by atoms with Crippen LogP contribution in [-0.2, 0) is 10.0 Å². The van der Waals surface area contributed by atoms with Gasteiger partial charge in [0.25, 0.3) is 5.91 Å². The Kier molecular flexibility index (Phi) is 3.89. The third-order valence-corrected chi connectivity index (χ3v) is 5.99. The minimum atomic E-state index is -3.23. The number of amides is 1. The van der Waals surface area contributed by atoms with Gasteiger partial charge in [-0.25, -0.2) is 8.42 Å². The normalized spacial score (nSPS) is 21.5. The van der Waals surface area contributed by atoms with Crippen molar-refractivity contribution in [1.82, 2.24) is 4.90 Å². The summed E-state index contributed by atoms with van der Waals surface area (Å²) >= 11 is 0. The Labute approximate surface area is 125 Å². The molecule has 0 radical (unpaired) electrons. The highest BCUT2D eigenvalue weighted by Crippen LogP contribution is 2.25.